The SMILES string of the molecule is C#CCN1CC=C(c2ccc(C)cc2)N=C1c1ccc(SC)cc1. The van der Waals surface area contributed by atoms with E-state index in [1.807, 2.05) is 0 Å². The molecule has 0 saturated carbocycles. The fourth-order valence-electron chi connectivity index (χ4n) is 2.66. The lowest BCUT2D eigenvalue weighted by molar-refractivity contribution is 0.517. The number of rotatable bonds is 4. The molecule has 3 heteroatoms. The average Bonchev–Trinajstić information content (AvgIpc) is 2.63. The van der Waals surface area contributed by atoms with Gasteiger partial charge in [0.1, 0.15) is 5.84 Å². The van der Waals surface area contributed by atoms with Gasteiger partial charge in [-0.05, 0) is 37.0 Å². The third-order valence-corrected chi connectivity index (χ3v) is 4.75. The van der Waals surface area contributed by atoms with E-state index in [2.05, 4.69) is 78.6 Å². The van der Waals surface area contributed by atoms with E-state index in [1.165, 1.54) is 10.5 Å². The van der Waals surface area contributed by atoms with Crippen molar-refractivity contribution in [1.82, 2.24) is 4.90 Å². The van der Waals surface area contributed by atoms with Crippen molar-refractivity contribution in [2.24, 2.45) is 4.99 Å². The molecule has 0 unspecified atom stereocenters. The van der Waals surface area contributed by atoms with Crippen molar-refractivity contribution in [3.05, 3.63) is 71.3 Å². The monoisotopic (exact) mass is 332 g/mol. The number of hydrogen-bond donors (Lipinski definition) is 0. The molecule has 0 N–H and O–H groups in total. The number of nitrogens with zero attached hydrogens (tertiary/aromatic N) is 2. The van der Waals surface area contributed by atoms with E-state index < -0.39 is 0 Å². The minimum atomic E-state index is 0.556. The van der Waals surface area contributed by atoms with E-state index in [0.29, 0.717) is 6.54 Å². The Balaban J connectivity index is 1.98. The second-order valence-electron chi connectivity index (χ2n) is 5.70. The van der Waals surface area contributed by atoms with Crippen molar-refractivity contribution in [3.8, 4) is 12.3 Å². The third kappa shape index (κ3) is 3.55. The van der Waals surface area contributed by atoms with Crippen LogP contribution in [-0.2, 0) is 0 Å². The summed E-state index contributed by atoms with van der Waals surface area (Å²) in [5, 5.41) is 0. The molecule has 1 aliphatic heterocycles. The number of hydrogen-bond acceptors (Lipinski definition) is 3. The van der Waals surface area contributed by atoms with Crippen molar-refractivity contribution in [1.29, 1.82) is 0 Å². The molecule has 2 aromatic rings. The van der Waals surface area contributed by atoms with E-state index in [0.717, 1.165) is 29.2 Å². The molecule has 0 bridgehead atoms. The smallest absolute Gasteiger partial charge is 0.137 e. The molecule has 1 heterocycles. The van der Waals surface area contributed by atoms with Crippen LogP contribution in [0.2, 0.25) is 0 Å². The minimum absolute atomic E-state index is 0.556. The van der Waals surface area contributed by atoms with Crippen LogP contribution in [-0.4, -0.2) is 30.1 Å². The molecule has 2 nitrogen and oxygen atoms in total. The summed E-state index contributed by atoms with van der Waals surface area (Å²) >= 11 is 1.74. The van der Waals surface area contributed by atoms with E-state index in [1.54, 1.807) is 11.8 Å². The fourth-order valence-corrected chi connectivity index (χ4v) is 3.07. The number of aliphatic imine (C=N–C) groups is 1. The zero-order valence-corrected chi connectivity index (χ0v) is 14.8. The Morgan fingerprint density at radius 3 is 2.38 bits per heavy atom. The molecule has 0 fully saturated rings. The van der Waals surface area contributed by atoms with Gasteiger partial charge in [-0.3, -0.25) is 0 Å². The highest BCUT2D eigenvalue weighted by atomic mass is 32.2. The molecular formula is C21H20N2S. The zero-order valence-electron chi connectivity index (χ0n) is 14.0. The first-order chi connectivity index (χ1) is 11.7. The van der Waals surface area contributed by atoms with Crippen molar-refractivity contribution in [2.75, 3.05) is 19.3 Å². The Morgan fingerprint density at radius 1 is 1.08 bits per heavy atom. The summed E-state index contributed by atoms with van der Waals surface area (Å²) in [6.45, 7) is 3.42. The Labute approximate surface area is 148 Å². The predicted octanol–water partition coefficient (Wildman–Crippen LogP) is 4.45. The lowest BCUT2D eigenvalue weighted by atomic mass is 10.1. The number of terminal acetylenes is 1. The van der Waals surface area contributed by atoms with Gasteiger partial charge >= 0.3 is 0 Å². The van der Waals surface area contributed by atoms with Crippen LogP contribution in [0.3, 0.4) is 0 Å². The van der Waals surface area contributed by atoms with Crippen LogP contribution in [0.15, 0.2) is 64.5 Å². The maximum atomic E-state index is 5.54. The summed E-state index contributed by atoms with van der Waals surface area (Å²) in [5.41, 5.74) is 4.49. The Hall–Kier alpha value is -2.44. The molecule has 1 aliphatic rings. The van der Waals surface area contributed by atoms with E-state index in [9.17, 15) is 0 Å². The number of benzene rings is 2. The molecule has 120 valence electrons. The number of aryl methyl sites for hydroxylation is 1. The van der Waals surface area contributed by atoms with Crippen LogP contribution in [0.25, 0.3) is 5.70 Å². The van der Waals surface area contributed by atoms with E-state index in [-0.39, 0.29) is 0 Å². The third-order valence-electron chi connectivity index (χ3n) is 4.01. The highest BCUT2D eigenvalue weighted by molar-refractivity contribution is 7.98. The van der Waals surface area contributed by atoms with Gasteiger partial charge in [-0.25, -0.2) is 4.99 Å². The van der Waals surface area contributed by atoms with Gasteiger partial charge in [0.25, 0.3) is 0 Å². The van der Waals surface area contributed by atoms with E-state index >= 15 is 0 Å². The van der Waals surface area contributed by atoms with E-state index in [4.69, 9.17) is 11.4 Å². The summed E-state index contributed by atoms with van der Waals surface area (Å²) in [5.74, 6) is 3.68. The second kappa shape index (κ2) is 7.42. The van der Waals surface area contributed by atoms with Crippen LogP contribution in [0.1, 0.15) is 16.7 Å². The molecule has 0 amide bonds. The molecule has 2 aromatic carbocycles. The highest BCUT2D eigenvalue weighted by Gasteiger charge is 2.17. The van der Waals surface area contributed by atoms with Crippen LogP contribution >= 0.6 is 11.8 Å². The van der Waals surface area contributed by atoms with Crippen LogP contribution in [0.5, 0.6) is 0 Å². The highest BCUT2D eigenvalue weighted by Crippen LogP contribution is 2.24. The quantitative estimate of drug-likeness (QED) is 0.607. The minimum Gasteiger partial charge on any atom is -0.341 e. The normalized spacial score (nSPS) is 14.0. The zero-order chi connectivity index (χ0) is 16.9. The van der Waals surface area contributed by atoms with Crippen LogP contribution in [0, 0.1) is 19.3 Å². The van der Waals surface area contributed by atoms with Crippen molar-refractivity contribution in [2.45, 2.75) is 11.8 Å². The molecule has 0 radical (unpaired) electrons. The summed E-state index contributed by atoms with van der Waals surface area (Å²) in [6, 6.07) is 17.0. The Bertz CT molecular complexity index is 808. The lowest BCUT2D eigenvalue weighted by Crippen LogP contribution is -2.34. The first-order valence-corrected chi connectivity index (χ1v) is 9.12. The predicted molar refractivity (Wildman–Crippen MR) is 104 cm³/mol. The second-order valence-corrected chi connectivity index (χ2v) is 6.58. The van der Waals surface area contributed by atoms with Crippen LogP contribution in [0.4, 0.5) is 0 Å². The molecule has 0 aliphatic carbocycles. The lowest BCUT2D eigenvalue weighted by Gasteiger charge is -2.27. The summed E-state index contributed by atoms with van der Waals surface area (Å²) < 4.78 is 0. The topological polar surface area (TPSA) is 15.6 Å². The van der Waals surface area contributed by atoms with Gasteiger partial charge in [0, 0.05) is 17.0 Å². The number of thioether (sulfide) groups is 1. The van der Waals surface area contributed by atoms with Gasteiger partial charge in [0.15, 0.2) is 0 Å². The van der Waals surface area contributed by atoms with Crippen LogP contribution < -0.4 is 0 Å². The molecule has 0 atom stereocenters. The van der Waals surface area contributed by atoms with Crippen molar-refractivity contribution in [3.63, 3.8) is 0 Å². The standard InChI is InChI=1S/C21H20N2S/c1-4-14-23-15-13-20(17-7-5-16(2)6-8-17)22-21(23)18-9-11-19(24-3)12-10-18/h1,5-13H,14-15H2,2-3H3. The Kier molecular flexibility index (Phi) is 5.08. The average molecular weight is 332 g/mol. The van der Waals surface area contributed by atoms with Gasteiger partial charge in [0.05, 0.1) is 12.2 Å². The van der Waals surface area contributed by atoms with Gasteiger partial charge in [-0.2, -0.15) is 0 Å². The molecule has 0 aromatic heterocycles. The first kappa shape index (κ1) is 16.4. The van der Waals surface area contributed by atoms with Crippen molar-refractivity contribution < 1.29 is 0 Å². The van der Waals surface area contributed by atoms with Crippen molar-refractivity contribution >= 4 is 23.3 Å². The van der Waals surface area contributed by atoms with Gasteiger partial charge in [-0.1, -0.05) is 47.9 Å². The molecule has 0 saturated heterocycles. The Morgan fingerprint density at radius 2 is 1.75 bits per heavy atom. The molecular weight excluding hydrogens is 312 g/mol. The largest absolute Gasteiger partial charge is 0.341 e. The molecule has 0 spiro atoms. The van der Waals surface area contributed by atoms with Gasteiger partial charge in [-0.15, -0.1) is 18.2 Å². The molecule has 3 rings (SSSR count). The van der Waals surface area contributed by atoms with Gasteiger partial charge in [0.2, 0.25) is 0 Å². The van der Waals surface area contributed by atoms with Gasteiger partial charge < -0.3 is 4.90 Å². The molecule has 24 heavy (non-hydrogen) atoms. The maximum absolute atomic E-state index is 5.54. The fraction of sp³-hybridized carbons (Fsp3) is 0.190. The maximum Gasteiger partial charge on any atom is 0.137 e. The number of amidine groups is 1. The summed E-state index contributed by atoms with van der Waals surface area (Å²) in [4.78, 5) is 8.28. The first-order valence-electron chi connectivity index (χ1n) is 7.90. The summed E-state index contributed by atoms with van der Waals surface area (Å²) in [6.07, 6.45) is 9.76. The summed E-state index contributed by atoms with van der Waals surface area (Å²) in [7, 11) is 0.